The van der Waals surface area contributed by atoms with Gasteiger partial charge in [-0.3, -0.25) is 0 Å². The first-order chi connectivity index (χ1) is 7.93. The van der Waals surface area contributed by atoms with Gasteiger partial charge < -0.3 is 5.32 Å². The van der Waals surface area contributed by atoms with Crippen LogP contribution in [0.25, 0.3) is 0 Å². The van der Waals surface area contributed by atoms with Gasteiger partial charge in [-0.05, 0) is 18.8 Å². The Labute approximate surface area is 97.8 Å². The number of quaternary nitrogens is 1. The molecule has 0 amide bonds. The Morgan fingerprint density at radius 3 is 2.29 bits per heavy atom. The highest BCUT2D eigenvalue weighted by Crippen LogP contribution is 2.19. The number of rotatable bonds is 5. The molecule has 0 atom stereocenters. The van der Waals surface area contributed by atoms with Gasteiger partial charge in [0, 0.05) is 6.07 Å². The van der Waals surface area contributed by atoms with Crippen LogP contribution in [0.1, 0.15) is 26.7 Å². The van der Waals surface area contributed by atoms with Gasteiger partial charge in [-0.25, -0.2) is 13.2 Å². The molecule has 2 N–H and O–H groups in total. The average molecular weight is 250 g/mol. The van der Waals surface area contributed by atoms with Gasteiger partial charge in [-0.15, -0.1) is 0 Å². The lowest BCUT2D eigenvalue weighted by molar-refractivity contribution is -0.574. The van der Waals surface area contributed by atoms with Crippen molar-refractivity contribution in [3.8, 4) is 0 Å². The van der Waals surface area contributed by atoms with E-state index < -0.39 is 23.3 Å². The van der Waals surface area contributed by atoms with Crippen molar-refractivity contribution in [2.45, 2.75) is 26.7 Å². The lowest BCUT2D eigenvalue weighted by Crippen LogP contribution is -2.78. The largest absolute Gasteiger partial charge is 0.311 e. The molecule has 0 aromatic heterocycles. The molecule has 1 aromatic rings. The van der Waals surface area contributed by atoms with Crippen LogP contribution < -0.4 is 5.32 Å². The van der Waals surface area contributed by atoms with Crippen LogP contribution in [0.5, 0.6) is 0 Å². The van der Waals surface area contributed by atoms with Crippen LogP contribution in [-0.4, -0.2) is 6.54 Å². The molecule has 0 aliphatic carbocycles. The summed E-state index contributed by atoms with van der Waals surface area (Å²) in [6.45, 7) is 4.62. The molecule has 0 fully saturated rings. The number of nitrogens with two attached hydrogens (primary N) is 1. The lowest BCUT2D eigenvalue weighted by Gasteiger charge is -2.05. The van der Waals surface area contributed by atoms with E-state index in [0.717, 1.165) is 12.8 Å². The predicted octanol–water partition coefficient (Wildman–Crippen LogP) is 2.87. The molecule has 17 heavy (non-hydrogen) atoms. The van der Waals surface area contributed by atoms with Crippen LogP contribution in [0, 0.1) is 29.2 Å². The monoisotopic (exact) mass is 250 g/mol. The maximum absolute atomic E-state index is 13.2. The van der Waals surface area contributed by atoms with Gasteiger partial charge in [0.1, 0.15) is 0 Å². The lowest BCUT2D eigenvalue weighted by atomic mass is 10.1. The van der Waals surface area contributed by atoms with Crippen molar-refractivity contribution in [1.82, 2.24) is 0 Å². The van der Waals surface area contributed by atoms with Crippen LogP contribution in [0.3, 0.4) is 0 Å². The van der Waals surface area contributed by atoms with Crippen LogP contribution in [0.15, 0.2) is 6.07 Å². The van der Waals surface area contributed by atoms with Crippen LogP contribution in [0.4, 0.5) is 23.2 Å². The first kappa shape index (κ1) is 14.0. The molecule has 0 unspecified atom stereocenters. The number of halogens is 4. The van der Waals surface area contributed by atoms with Crippen molar-refractivity contribution in [2.75, 3.05) is 6.54 Å². The molecule has 1 rings (SSSR count). The zero-order chi connectivity index (χ0) is 13.0. The Morgan fingerprint density at radius 2 is 1.71 bits per heavy atom. The molecule has 5 heteroatoms. The second-order valence-corrected chi connectivity index (χ2v) is 4.42. The van der Waals surface area contributed by atoms with E-state index in [4.69, 9.17) is 0 Å². The minimum absolute atomic E-state index is 0.217. The Kier molecular flexibility index (Phi) is 4.93. The number of benzene rings is 1. The minimum atomic E-state index is -1.76. The van der Waals surface area contributed by atoms with Gasteiger partial charge in [-0.2, -0.15) is 4.39 Å². The molecule has 0 bridgehead atoms. The smallest absolute Gasteiger partial charge is 0.222 e. The number of hydrogen-bond donors (Lipinski definition) is 1. The van der Waals surface area contributed by atoms with Crippen molar-refractivity contribution in [2.24, 2.45) is 5.92 Å². The second-order valence-electron chi connectivity index (χ2n) is 4.42. The Bertz CT molecular complexity index is 391. The highest BCUT2D eigenvalue weighted by atomic mass is 19.2. The van der Waals surface area contributed by atoms with Crippen molar-refractivity contribution in [3.63, 3.8) is 0 Å². The van der Waals surface area contributed by atoms with Crippen molar-refractivity contribution >= 4 is 5.69 Å². The second kappa shape index (κ2) is 6.00. The van der Waals surface area contributed by atoms with Gasteiger partial charge in [0.05, 0.1) is 6.54 Å². The molecular formula is C12H16F4N+. The van der Waals surface area contributed by atoms with Gasteiger partial charge in [-0.1, -0.05) is 13.8 Å². The first-order valence-electron chi connectivity index (χ1n) is 5.59. The van der Waals surface area contributed by atoms with E-state index in [9.17, 15) is 17.6 Å². The van der Waals surface area contributed by atoms with E-state index in [-0.39, 0.29) is 5.69 Å². The average Bonchev–Trinajstić information content (AvgIpc) is 2.27. The normalized spacial score (nSPS) is 11.2. The fourth-order valence-electron chi connectivity index (χ4n) is 1.52. The zero-order valence-electron chi connectivity index (χ0n) is 9.87. The molecule has 0 saturated heterocycles. The van der Waals surface area contributed by atoms with E-state index in [1.807, 2.05) is 0 Å². The fraction of sp³-hybridized carbons (Fsp3) is 0.500. The van der Waals surface area contributed by atoms with E-state index in [1.54, 1.807) is 0 Å². The van der Waals surface area contributed by atoms with Gasteiger partial charge in [0.2, 0.25) is 11.6 Å². The molecule has 0 aliphatic rings. The fourth-order valence-corrected chi connectivity index (χ4v) is 1.52. The van der Waals surface area contributed by atoms with Gasteiger partial charge in [0.15, 0.2) is 17.3 Å². The zero-order valence-corrected chi connectivity index (χ0v) is 9.87. The summed E-state index contributed by atoms with van der Waals surface area (Å²) < 4.78 is 51.6. The summed E-state index contributed by atoms with van der Waals surface area (Å²) in [6.07, 6.45) is 1.75. The highest BCUT2D eigenvalue weighted by molar-refractivity contribution is 5.32. The molecule has 0 radical (unpaired) electrons. The molecule has 0 saturated carbocycles. The van der Waals surface area contributed by atoms with E-state index >= 15 is 0 Å². The van der Waals surface area contributed by atoms with Crippen molar-refractivity contribution in [3.05, 3.63) is 29.3 Å². The van der Waals surface area contributed by atoms with E-state index in [2.05, 4.69) is 13.8 Å². The molecule has 1 nitrogen and oxygen atoms in total. The summed E-state index contributed by atoms with van der Waals surface area (Å²) >= 11 is 0. The molecule has 96 valence electrons. The third-order valence-electron chi connectivity index (χ3n) is 2.48. The van der Waals surface area contributed by atoms with Crippen LogP contribution >= 0.6 is 0 Å². The molecular weight excluding hydrogens is 234 g/mol. The summed E-state index contributed by atoms with van der Waals surface area (Å²) in [7, 11) is 0. The molecule has 0 spiro atoms. The van der Waals surface area contributed by atoms with Crippen molar-refractivity contribution < 1.29 is 22.9 Å². The maximum atomic E-state index is 13.2. The first-order valence-corrected chi connectivity index (χ1v) is 5.59. The predicted molar refractivity (Wildman–Crippen MR) is 56.8 cm³/mol. The third kappa shape index (κ3) is 3.70. The SMILES string of the molecule is CC(C)CCC[NH2+]c1cc(F)c(F)c(F)c1F. The summed E-state index contributed by atoms with van der Waals surface area (Å²) in [6, 6.07) is 0.684. The molecule has 0 heterocycles. The van der Waals surface area contributed by atoms with Crippen LogP contribution in [-0.2, 0) is 0 Å². The minimum Gasteiger partial charge on any atom is -0.311 e. The maximum Gasteiger partial charge on any atom is 0.222 e. The van der Waals surface area contributed by atoms with Gasteiger partial charge >= 0.3 is 0 Å². The Morgan fingerprint density at radius 1 is 1.06 bits per heavy atom. The van der Waals surface area contributed by atoms with Crippen LogP contribution in [0.2, 0.25) is 0 Å². The van der Waals surface area contributed by atoms with Crippen molar-refractivity contribution in [1.29, 1.82) is 0 Å². The van der Waals surface area contributed by atoms with E-state index in [1.165, 1.54) is 5.32 Å². The van der Waals surface area contributed by atoms with Gasteiger partial charge in [0.25, 0.3) is 0 Å². The highest BCUT2D eigenvalue weighted by Gasteiger charge is 2.21. The number of hydrogen-bond acceptors (Lipinski definition) is 0. The summed E-state index contributed by atoms with van der Waals surface area (Å²) in [4.78, 5) is 0. The topological polar surface area (TPSA) is 16.6 Å². The third-order valence-corrected chi connectivity index (χ3v) is 2.48. The standard InChI is InChI=1S/C12H15F4N/c1-7(2)4-3-5-17-9-6-8(13)10(14)12(16)11(9)15/h6-7,17H,3-5H2,1-2H3/p+1. The Balaban J connectivity index is 2.66. The molecule has 1 aromatic carbocycles. The molecule has 0 aliphatic heterocycles. The van der Waals surface area contributed by atoms with E-state index in [0.29, 0.717) is 18.5 Å². The summed E-state index contributed by atoms with van der Waals surface area (Å²) in [5.74, 6) is -5.68. The quantitative estimate of drug-likeness (QED) is 0.272. The Hall–Kier alpha value is -1.10. The summed E-state index contributed by atoms with van der Waals surface area (Å²) in [5, 5.41) is 1.39. The summed E-state index contributed by atoms with van der Waals surface area (Å²) in [5.41, 5.74) is -0.217.